The minimum atomic E-state index is -0.451. The zero-order valence-corrected chi connectivity index (χ0v) is 17.0. The lowest BCUT2D eigenvalue weighted by Crippen LogP contribution is -2.52. The molecule has 1 heterocycles. The number of hydrogen-bond donors (Lipinski definition) is 1. The molecular formula is C20H23BrFN3O2. The first-order valence-electron chi connectivity index (χ1n) is 8.87. The third-order valence-corrected chi connectivity index (χ3v) is 5.34. The second-order valence-corrected chi connectivity index (χ2v) is 7.43. The molecule has 0 bridgehead atoms. The van der Waals surface area contributed by atoms with Crippen LogP contribution in [0.25, 0.3) is 0 Å². The first-order chi connectivity index (χ1) is 13.0. The second kappa shape index (κ2) is 8.71. The Labute approximate surface area is 167 Å². The number of ether oxygens (including phenoxy) is 1. The number of benzene rings is 2. The van der Waals surface area contributed by atoms with Crippen LogP contribution in [-0.2, 0) is 4.79 Å². The summed E-state index contributed by atoms with van der Waals surface area (Å²) in [7, 11) is 1.66. The number of carbonyl (C=O) groups is 1. The Morgan fingerprint density at radius 3 is 2.59 bits per heavy atom. The molecule has 7 heteroatoms. The van der Waals surface area contributed by atoms with Gasteiger partial charge in [0.25, 0.3) is 0 Å². The van der Waals surface area contributed by atoms with E-state index in [1.165, 1.54) is 6.07 Å². The van der Waals surface area contributed by atoms with E-state index in [-0.39, 0.29) is 17.6 Å². The van der Waals surface area contributed by atoms with E-state index < -0.39 is 5.82 Å². The van der Waals surface area contributed by atoms with Crippen molar-refractivity contribution >= 4 is 33.2 Å². The van der Waals surface area contributed by atoms with Crippen molar-refractivity contribution in [2.75, 3.05) is 43.5 Å². The molecule has 27 heavy (non-hydrogen) atoms. The number of anilines is 2. The summed E-state index contributed by atoms with van der Waals surface area (Å²) < 4.78 is 19.9. The molecule has 1 saturated heterocycles. The highest BCUT2D eigenvalue weighted by Crippen LogP contribution is 2.23. The Morgan fingerprint density at radius 2 is 1.93 bits per heavy atom. The van der Waals surface area contributed by atoms with Gasteiger partial charge in [-0.25, -0.2) is 4.39 Å². The van der Waals surface area contributed by atoms with Gasteiger partial charge in [-0.15, -0.1) is 0 Å². The van der Waals surface area contributed by atoms with Crippen molar-refractivity contribution in [3.05, 3.63) is 52.8 Å². The van der Waals surface area contributed by atoms with Gasteiger partial charge in [-0.2, -0.15) is 0 Å². The van der Waals surface area contributed by atoms with Gasteiger partial charge in [0.1, 0.15) is 11.6 Å². The third kappa shape index (κ3) is 4.78. The standard InChI is InChI=1S/C20H23BrFN3O2/c1-14(20(26)23-19-7-6-15(21)12-18(19)22)24-8-10-25(11-9-24)16-4-3-5-17(13-16)27-2/h3-7,12-14H,8-11H2,1-2H3,(H,23,26). The molecule has 1 aliphatic rings. The van der Waals surface area contributed by atoms with E-state index in [1.807, 2.05) is 25.1 Å². The van der Waals surface area contributed by atoms with Gasteiger partial charge in [0.05, 0.1) is 18.8 Å². The fourth-order valence-electron chi connectivity index (χ4n) is 3.17. The van der Waals surface area contributed by atoms with Crippen molar-refractivity contribution in [1.29, 1.82) is 0 Å². The summed E-state index contributed by atoms with van der Waals surface area (Å²) in [5.41, 5.74) is 1.31. The van der Waals surface area contributed by atoms with E-state index in [2.05, 4.69) is 37.1 Å². The lowest BCUT2D eigenvalue weighted by atomic mass is 10.2. The summed E-state index contributed by atoms with van der Waals surface area (Å²) in [6.45, 7) is 5.01. The van der Waals surface area contributed by atoms with Gasteiger partial charge in [-0.3, -0.25) is 9.69 Å². The first-order valence-corrected chi connectivity index (χ1v) is 9.66. The lowest BCUT2D eigenvalue weighted by molar-refractivity contribution is -0.120. The SMILES string of the molecule is COc1cccc(N2CCN(C(C)C(=O)Nc3ccc(Br)cc3F)CC2)c1. The molecule has 1 unspecified atom stereocenters. The van der Waals surface area contributed by atoms with Gasteiger partial charge in [-0.05, 0) is 37.3 Å². The molecule has 1 aliphatic heterocycles. The zero-order valence-electron chi connectivity index (χ0n) is 15.4. The number of nitrogens with one attached hydrogen (secondary N) is 1. The molecule has 1 amide bonds. The highest BCUT2D eigenvalue weighted by Gasteiger charge is 2.26. The number of hydrogen-bond acceptors (Lipinski definition) is 4. The van der Waals surface area contributed by atoms with Crippen molar-refractivity contribution in [2.24, 2.45) is 0 Å². The Balaban J connectivity index is 1.57. The molecule has 5 nitrogen and oxygen atoms in total. The second-order valence-electron chi connectivity index (χ2n) is 6.51. The van der Waals surface area contributed by atoms with E-state index in [4.69, 9.17) is 4.74 Å². The fourth-order valence-corrected chi connectivity index (χ4v) is 3.50. The largest absolute Gasteiger partial charge is 0.497 e. The molecule has 0 saturated carbocycles. The summed E-state index contributed by atoms with van der Waals surface area (Å²) in [6.07, 6.45) is 0. The molecule has 2 aromatic carbocycles. The summed E-state index contributed by atoms with van der Waals surface area (Å²) in [5.74, 6) is 0.179. The Bertz CT molecular complexity index is 810. The molecule has 1 atom stereocenters. The van der Waals surface area contributed by atoms with Crippen molar-refractivity contribution in [1.82, 2.24) is 4.90 Å². The lowest BCUT2D eigenvalue weighted by Gasteiger charge is -2.38. The van der Waals surface area contributed by atoms with Gasteiger partial charge < -0.3 is 15.0 Å². The molecule has 0 radical (unpaired) electrons. The molecule has 144 valence electrons. The molecular weight excluding hydrogens is 413 g/mol. The van der Waals surface area contributed by atoms with Crippen LogP contribution in [0.3, 0.4) is 0 Å². The molecule has 0 aromatic heterocycles. The van der Waals surface area contributed by atoms with Crippen LogP contribution in [0.5, 0.6) is 5.75 Å². The van der Waals surface area contributed by atoms with Crippen LogP contribution in [0.15, 0.2) is 46.9 Å². The highest BCUT2D eigenvalue weighted by molar-refractivity contribution is 9.10. The number of rotatable bonds is 5. The predicted octanol–water partition coefficient (Wildman–Crippen LogP) is 3.75. The van der Waals surface area contributed by atoms with Gasteiger partial charge in [0, 0.05) is 42.4 Å². The van der Waals surface area contributed by atoms with Crippen molar-refractivity contribution in [2.45, 2.75) is 13.0 Å². The van der Waals surface area contributed by atoms with Crippen molar-refractivity contribution < 1.29 is 13.9 Å². The van der Waals surface area contributed by atoms with E-state index in [1.54, 1.807) is 19.2 Å². The topological polar surface area (TPSA) is 44.8 Å². The van der Waals surface area contributed by atoms with Crippen LogP contribution in [0.1, 0.15) is 6.92 Å². The maximum absolute atomic E-state index is 13.9. The maximum atomic E-state index is 13.9. The molecule has 0 aliphatic carbocycles. The normalized spacial score (nSPS) is 16.1. The predicted molar refractivity (Wildman–Crippen MR) is 109 cm³/mol. The summed E-state index contributed by atoms with van der Waals surface area (Å²) in [6, 6.07) is 12.2. The fraction of sp³-hybridized carbons (Fsp3) is 0.350. The monoisotopic (exact) mass is 435 g/mol. The van der Waals surface area contributed by atoms with E-state index in [0.29, 0.717) is 4.47 Å². The number of amides is 1. The third-order valence-electron chi connectivity index (χ3n) is 4.85. The number of carbonyl (C=O) groups excluding carboxylic acids is 1. The van der Waals surface area contributed by atoms with Crippen molar-refractivity contribution in [3.63, 3.8) is 0 Å². The van der Waals surface area contributed by atoms with E-state index in [9.17, 15) is 9.18 Å². The van der Waals surface area contributed by atoms with Crippen LogP contribution in [0, 0.1) is 5.82 Å². The van der Waals surface area contributed by atoms with Crippen LogP contribution in [0.4, 0.5) is 15.8 Å². The van der Waals surface area contributed by atoms with Crippen LogP contribution >= 0.6 is 15.9 Å². The Morgan fingerprint density at radius 1 is 1.19 bits per heavy atom. The van der Waals surface area contributed by atoms with Crippen molar-refractivity contribution in [3.8, 4) is 5.75 Å². The van der Waals surface area contributed by atoms with Gasteiger partial charge in [0.2, 0.25) is 5.91 Å². The summed E-state index contributed by atoms with van der Waals surface area (Å²) in [4.78, 5) is 16.9. The smallest absolute Gasteiger partial charge is 0.241 e. The van der Waals surface area contributed by atoms with Crippen LogP contribution < -0.4 is 15.0 Å². The maximum Gasteiger partial charge on any atom is 0.241 e. The first kappa shape index (κ1) is 19.6. The van der Waals surface area contributed by atoms with Crippen LogP contribution in [0.2, 0.25) is 0 Å². The Kier molecular flexibility index (Phi) is 6.34. The van der Waals surface area contributed by atoms with Crippen LogP contribution in [-0.4, -0.2) is 50.1 Å². The van der Waals surface area contributed by atoms with Gasteiger partial charge in [-0.1, -0.05) is 22.0 Å². The molecule has 1 N–H and O–H groups in total. The number of methoxy groups -OCH3 is 1. The summed E-state index contributed by atoms with van der Waals surface area (Å²) in [5, 5.41) is 2.69. The number of nitrogens with zero attached hydrogens (tertiary/aromatic N) is 2. The van der Waals surface area contributed by atoms with E-state index >= 15 is 0 Å². The van der Waals surface area contributed by atoms with E-state index in [0.717, 1.165) is 37.6 Å². The highest BCUT2D eigenvalue weighted by atomic mass is 79.9. The number of piperazine rings is 1. The average Bonchev–Trinajstić information content (AvgIpc) is 2.69. The zero-order chi connectivity index (χ0) is 19.4. The Hall–Kier alpha value is -2.12. The average molecular weight is 436 g/mol. The summed E-state index contributed by atoms with van der Waals surface area (Å²) >= 11 is 3.21. The molecule has 1 fully saturated rings. The molecule has 3 rings (SSSR count). The molecule has 0 spiro atoms. The minimum absolute atomic E-state index is 0.199. The van der Waals surface area contributed by atoms with Gasteiger partial charge in [0.15, 0.2) is 0 Å². The number of halogens is 2. The van der Waals surface area contributed by atoms with Gasteiger partial charge >= 0.3 is 0 Å². The quantitative estimate of drug-likeness (QED) is 0.776. The minimum Gasteiger partial charge on any atom is -0.497 e. The molecule has 2 aromatic rings.